The summed E-state index contributed by atoms with van der Waals surface area (Å²) in [6.45, 7) is 4.90. The Morgan fingerprint density at radius 1 is 1.50 bits per heavy atom. The number of rotatable bonds is 4. The maximum absolute atomic E-state index is 11.3. The zero-order valence-corrected chi connectivity index (χ0v) is 8.36. The molecule has 0 saturated heterocycles. The molecule has 1 amide bonds. The number of hydrogen-bond donors (Lipinski definition) is 1. The molecule has 70 valence electrons. The van der Waals surface area contributed by atoms with E-state index in [1.54, 1.807) is 6.92 Å². The summed E-state index contributed by atoms with van der Waals surface area (Å²) in [5.74, 6) is -0.426. The van der Waals surface area contributed by atoms with Crippen LogP contribution in [0.2, 0.25) is 0 Å². The fourth-order valence-electron chi connectivity index (χ4n) is 0.891. The van der Waals surface area contributed by atoms with E-state index in [9.17, 15) is 9.59 Å². The van der Waals surface area contributed by atoms with Gasteiger partial charge >= 0.3 is 0 Å². The third-order valence-corrected chi connectivity index (χ3v) is 2.14. The van der Waals surface area contributed by atoms with Crippen LogP contribution in [-0.4, -0.2) is 23.1 Å². The molecule has 12 heavy (non-hydrogen) atoms. The van der Waals surface area contributed by atoms with Crippen molar-refractivity contribution in [2.45, 2.75) is 32.7 Å². The van der Waals surface area contributed by atoms with Crippen molar-refractivity contribution < 1.29 is 9.59 Å². The van der Waals surface area contributed by atoms with Crippen molar-refractivity contribution in [1.29, 1.82) is 0 Å². The molecule has 0 aromatic carbocycles. The Bertz CT molecular complexity index is 193. The van der Waals surface area contributed by atoms with E-state index >= 15 is 0 Å². The van der Waals surface area contributed by atoms with E-state index in [-0.39, 0.29) is 17.6 Å². The summed E-state index contributed by atoms with van der Waals surface area (Å²) in [5, 5.41) is 2.58. The number of nitrogens with one attached hydrogen (secondary N) is 1. The van der Waals surface area contributed by atoms with Crippen LogP contribution in [0.5, 0.6) is 0 Å². The first-order chi connectivity index (χ1) is 5.46. The predicted molar refractivity (Wildman–Crippen MR) is 48.2 cm³/mol. The smallest absolute Gasteiger partial charge is 0.217 e. The Morgan fingerprint density at radius 3 is 2.25 bits per heavy atom. The lowest BCUT2D eigenvalue weighted by Crippen LogP contribution is -2.51. The molecule has 0 aromatic rings. The molecule has 0 fully saturated rings. The zero-order chi connectivity index (χ0) is 9.78. The van der Waals surface area contributed by atoms with Gasteiger partial charge in [0.2, 0.25) is 5.91 Å². The van der Waals surface area contributed by atoms with E-state index in [1.807, 2.05) is 6.92 Å². The second-order valence-electron chi connectivity index (χ2n) is 2.92. The van der Waals surface area contributed by atoms with Crippen LogP contribution in [0.15, 0.2) is 0 Å². The van der Waals surface area contributed by atoms with Crippen molar-refractivity contribution in [3.8, 4) is 0 Å². The Morgan fingerprint density at radius 2 is 2.00 bits per heavy atom. The van der Waals surface area contributed by atoms with Crippen LogP contribution < -0.4 is 5.32 Å². The number of Topliss-reactive ketones (excluding diaryl/α,β-unsaturated/α-hetero) is 1. The second-order valence-corrected chi connectivity index (χ2v) is 3.19. The zero-order valence-electron chi connectivity index (χ0n) is 7.61. The topological polar surface area (TPSA) is 46.2 Å². The largest absolute Gasteiger partial charge is 0.344 e. The van der Waals surface area contributed by atoms with Gasteiger partial charge in [0.25, 0.3) is 0 Å². The SMILES string of the molecule is CCC(C)(NC(C)=O)C(=O)CCl. The fourth-order valence-corrected chi connectivity index (χ4v) is 1.19. The lowest BCUT2D eigenvalue weighted by Gasteiger charge is -2.26. The molecule has 0 radical (unpaired) electrons. The van der Waals surface area contributed by atoms with Gasteiger partial charge in [0.1, 0.15) is 0 Å². The summed E-state index contributed by atoms with van der Waals surface area (Å²) >= 11 is 5.40. The minimum Gasteiger partial charge on any atom is -0.344 e. The monoisotopic (exact) mass is 191 g/mol. The van der Waals surface area contributed by atoms with Crippen LogP contribution in [0.25, 0.3) is 0 Å². The maximum Gasteiger partial charge on any atom is 0.217 e. The lowest BCUT2D eigenvalue weighted by molar-refractivity contribution is -0.129. The van der Waals surface area contributed by atoms with Gasteiger partial charge in [-0.15, -0.1) is 11.6 Å². The third kappa shape index (κ3) is 2.81. The van der Waals surface area contributed by atoms with Gasteiger partial charge < -0.3 is 5.32 Å². The number of hydrogen-bond acceptors (Lipinski definition) is 2. The van der Waals surface area contributed by atoms with Gasteiger partial charge in [-0.2, -0.15) is 0 Å². The molecule has 3 nitrogen and oxygen atoms in total. The molecule has 1 N–H and O–H groups in total. The molecule has 0 rings (SSSR count). The highest BCUT2D eigenvalue weighted by atomic mass is 35.5. The fraction of sp³-hybridized carbons (Fsp3) is 0.750. The van der Waals surface area contributed by atoms with Crippen LogP contribution in [0.4, 0.5) is 0 Å². The van der Waals surface area contributed by atoms with Gasteiger partial charge in [0.05, 0.1) is 11.4 Å². The van der Waals surface area contributed by atoms with Crippen molar-refractivity contribution in [2.75, 3.05) is 5.88 Å². The first kappa shape index (κ1) is 11.4. The maximum atomic E-state index is 11.3. The van der Waals surface area contributed by atoms with E-state index in [0.29, 0.717) is 6.42 Å². The van der Waals surface area contributed by atoms with Crippen molar-refractivity contribution >= 4 is 23.3 Å². The van der Waals surface area contributed by atoms with Gasteiger partial charge in [-0.25, -0.2) is 0 Å². The van der Waals surface area contributed by atoms with Crippen molar-refractivity contribution in [2.24, 2.45) is 0 Å². The van der Waals surface area contributed by atoms with Crippen molar-refractivity contribution in [3.05, 3.63) is 0 Å². The normalized spacial score (nSPS) is 15.0. The summed E-state index contributed by atoms with van der Waals surface area (Å²) in [6, 6.07) is 0. The predicted octanol–water partition coefficient (Wildman–Crippen LogP) is 1.10. The van der Waals surface area contributed by atoms with Gasteiger partial charge in [0.15, 0.2) is 5.78 Å². The molecular formula is C8H14ClNO2. The molecule has 0 aliphatic heterocycles. The summed E-state index contributed by atoms with van der Waals surface area (Å²) in [4.78, 5) is 22.0. The highest BCUT2D eigenvalue weighted by molar-refractivity contribution is 6.29. The summed E-state index contributed by atoms with van der Waals surface area (Å²) < 4.78 is 0. The highest BCUT2D eigenvalue weighted by Crippen LogP contribution is 2.11. The van der Waals surface area contributed by atoms with E-state index in [1.165, 1.54) is 6.92 Å². The van der Waals surface area contributed by atoms with Crippen LogP contribution in [0.1, 0.15) is 27.2 Å². The molecule has 0 spiro atoms. The minimum atomic E-state index is -0.798. The van der Waals surface area contributed by atoms with E-state index < -0.39 is 5.54 Å². The average Bonchev–Trinajstić information content (AvgIpc) is 2.01. The number of halogens is 1. The highest BCUT2D eigenvalue weighted by Gasteiger charge is 2.30. The van der Waals surface area contributed by atoms with Gasteiger partial charge in [-0.3, -0.25) is 9.59 Å². The minimum absolute atomic E-state index is 0.0649. The van der Waals surface area contributed by atoms with Gasteiger partial charge in [-0.05, 0) is 13.3 Å². The summed E-state index contributed by atoms with van der Waals surface area (Å²) in [6.07, 6.45) is 0.554. The molecule has 1 unspecified atom stereocenters. The quantitative estimate of drug-likeness (QED) is 0.677. The molecule has 0 heterocycles. The standard InChI is InChI=1S/C8H14ClNO2/c1-4-8(3,7(12)5-9)10-6(2)11/h4-5H2,1-3H3,(H,10,11). The van der Waals surface area contributed by atoms with E-state index in [4.69, 9.17) is 11.6 Å². The molecule has 0 saturated carbocycles. The second kappa shape index (κ2) is 4.45. The number of amides is 1. The molecule has 0 aliphatic carbocycles. The molecule has 0 aliphatic rings. The van der Waals surface area contributed by atoms with Crippen LogP contribution in [0, 0.1) is 0 Å². The molecule has 1 atom stereocenters. The first-order valence-corrected chi connectivity index (χ1v) is 4.37. The number of carbonyl (C=O) groups is 2. The Labute approximate surface area is 77.5 Å². The average molecular weight is 192 g/mol. The Balaban J connectivity index is 4.44. The van der Waals surface area contributed by atoms with E-state index in [0.717, 1.165) is 0 Å². The Hall–Kier alpha value is -0.570. The van der Waals surface area contributed by atoms with Crippen LogP contribution >= 0.6 is 11.6 Å². The van der Waals surface area contributed by atoms with Crippen molar-refractivity contribution in [1.82, 2.24) is 5.32 Å². The number of carbonyl (C=O) groups excluding carboxylic acids is 2. The van der Waals surface area contributed by atoms with Gasteiger partial charge in [0, 0.05) is 6.92 Å². The number of ketones is 1. The first-order valence-electron chi connectivity index (χ1n) is 3.84. The van der Waals surface area contributed by atoms with Crippen LogP contribution in [-0.2, 0) is 9.59 Å². The lowest BCUT2D eigenvalue weighted by atomic mass is 9.94. The Kier molecular flexibility index (Phi) is 4.24. The summed E-state index contributed by atoms with van der Waals surface area (Å²) in [5.41, 5.74) is -0.798. The van der Waals surface area contributed by atoms with Crippen LogP contribution in [0.3, 0.4) is 0 Å². The van der Waals surface area contributed by atoms with Crippen molar-refractivity contribution in [3.63, 3.8) is 0 Å². The van der Waals surface area contributed by atoms with E-state index in [2.05, 4.69) is 5.32 Å². The third-order valence-electron chi connectivity index (χ3n) is 1.90. The molecule has 0 bridgehead atoms. The van der Waals surface area contributed by atoms with Gasteiger partial charge in [-0.1, -0.05) is 6.92 Å². The molecule has 0 aromatic heterocycles. The summed E-state index contributed by atoms with van der Waals surface area (Å²) in [7, 11) is 0. The molecular weight excluding hydrogens is 178 g/mol. The number of alkyl halides is 1. The molecule has 4 heteroatoms.